The van der Waals surface area contributed by atoms with Crippen molar-refractivity contribution < 1.29 is 14.3 Å². The molecule has 0 bridgehead atoms. The number of unbranched alkanes of at least 4 members (excludes halogenated alkanes) is 1. The minimum Gasteiger partial charge on any atom is -0.466 e. The molecule has 0 aromatic carbocycles. The summed E-state index contributed by atoms with van der Waals surface area (Å²) in [6, 6.07) is 0. The van der Waals surface area contributed by atoms with Gasteiger partial charge in [-0.2, -0.15) is 0 Å². The second kappa shape index (κ2) is 7.35. The Bertz CT molecular complexity index is 192. The van der Waals surface area contributed by atoms with Crippen molar-refractivity contribution in [3.8, 4) is 0 Å². The summed E-state index contributed by atoms with van der Waals surface area (Å²) in [5.74, 6) is -0.613. The molecular formula is C10H19NO3. The average Bonchev–Trinajstić information content (AvgIpc) is 2.14. The van der Waals surface area contributed by atoms with Crippen molar-refractivity contribution in [2.24, 2.45) is 0 Å². The average molecular weight is 201 g/mol. The van der Waals surface area contributed by atoms with Gasteiger partial charge in [-0.1, -0.05) is 13.3 Å². The zero-order valence-electron chi connectivity index (χ0n) is 9.21. The van der Waals surface area contributed by atoms with Gasteiger partial charge in [-0.05, 0) is 13.3 Å². The summed E-state index contributed by atoms with van der Waals surface area (Å²) in [5.41, 5.74) is 0. The van der Waals surface area contributed by atoms with Gasteiger partial charge in [0.25, 0.3) is 0 Å². The van der Waals surface area contributed by atoms with Crippen LogP contribution in [-0.4, -0.2) is 37.0 Å². The van der Waals surface area contributed by atoms with Gasteiger partial charge in [-0.3, -0.25) is 9.59 Å². The first-order valence-electron chi connectivity index (χ1n) is 5.01. The lowest BCUT2D eigenvalue weighted by atomic mass is 10.3. The van der Waals surface area contributed by atoms with Crippen molar-refractivity contribution in [2.75, 3.05) is 20.2 Å². The number of rotatable bonds is 6. The minimum atomic E-state index is -0.444. The van der Waals surface area contributed by atoms with E-state index in [4.69, 9.17) is 0 Å². The predicted octanol–water partition coefficient (Wildman–Crippen LogP) is 1.20. The van der Waals surface area contributed by atoms with Crippen LogP contribution in [0.25, 0.3) is 0 Å². The molecule has 0 aliphatic carbocycles. The van der Waals surface area contributed by atoms with Gasteiger partial charge in [0.2, 0.25) is 5.91 Å². The number of ether oxygens (including phenoxy) is 1. The lowest BCUT2D eigenvalue weighted by Gasteiger charge is -2.15. The van der Waals surface area contributed by atoms with E-state index in [0.717, 1.165) is 12.8 Å². The Labute approximate surface area is 85.2 Å². The van der Waals surface area contributed by atoms with Gasteiger partial charge in [0.05, 0.1) is 6.61 Å². The first-order valence-corrected chi connectivity index (χ1v) is 5.01. The van der Waals surface area contributed by atoms with E-state index in [2.05, 4.69) is 11.7 Å². The van der Waals surface area contributed by atoms with E-state index in [1.54, 1.807) is 18.9 Å². The van der Waals surface area contributed by atoms with Crippen molar-refractivity contribution in [3.63, 3.8) is 0 Å². The molecule has 0 aromatic heterocycles. The van der Waals surface area contributed by atoms with Crippen molar-refractivity contribution in [1.29, 1.82) is 0 Å². The van der Waals surface area contributed by atoms with Gasteiger partial charge in [-0.25, -0.2) is 0 Å². The summed E-state index contributed by atoms with van der Waals surface area (Å²) in [4.78, 5) is 23.9. The molecule has 0 heterocycles. The van der Waals surface area contributed by atoms with Crippen molar-refractivity contribution in [1.82, 2.24) is 4.90 Å². The molecule has 0 rings (SSSR count). The van der Waals surface area contributed by atoms with E-state index in [9.17, 15) is 9.59 Å². The van der Waals surface area contributed by atoms with Gasteiger partial charge in [0.15, 0.2) is 0 Å². The highest BCUT2D eigenvalue weighted by molar-refractivity contribution is 5.94. The number of hydrogen-bond acceptors (Lipinski definition) is 3. The summed E-state index contributed by atoms with van der Waals surface area (Å²) in [6.07, 6.45) is 1.86. The van der Waals surface area contributed by atoms with E-state index in [-0.39, 0.29) is 12.3 Å². The van der Waals surface area contributed by atoms with Crippen LogP contribution in [0.5, 0.6) is 0 Å². The summed E-state index contributed by atoms with van der Waals surface area (Å²) in [6.45, 7) is 4.81. The lowest BCUT2D eigenvalue weighted by Crippen LogP contribution is -2.29. The molecule has 14 heavy (non-hydrogen) atoms. The van der Waals surface area contributed by atoms with Crippen molar-refractivity contribution in [2.45, 2.75) is 33.1 Å². The molecule has 0 N–H and O–H groups in total. The van der Waals surface area contributed by atoms with Crippen LogP contribution < -0.4 is 0 Å². The number of esters is 1. The molecule has 0 spiro atoms. The van der Waals surface area contributed by atoms with E-state index in [1.807, 2.05) is 0 Å². The number of amides is 1. The molecule has 4 nitrogen and oxygen atoms in total. The Morgan fingerprint density at radius 2 is 1.93 bits per heavy atom. The van der Waals surface area contributed by atoms with E-state index < -0.39 is 5.97 Å². The van der Waals surface area contributed by atoms with E-state index >= 15 is 0 Å². The van der Waals surface area contributed by atoms with Crippen LogP contribution in [0.4, 0.5) is 0 Å². The van der Waals surface area contributed by atoms with Gasteiger partial charge < -0.3 is 9.64 Å². The maximum atomic E-state index is 11.4. The zero-order valence-corrected chi connectivity index (χ0v) is 9.21. The number of hydrogen-bond donors (Lipinski definition) is 0. The summed E-state index contributed by atoms with van der Waals surface area (Å²) in [5, 5.41) is 0. The molecule has 0 fully saturated rings. The number of carbonyl (C=O) groups is 2. The monoisotopic (exact) mass is 201 g/mol. The van der Waals surface area contributed by atoms with Crippen LogP contribution >= 0.6 is 0 Å². The lowest BCUT2D eigenvalue weighted by molar-refractivity contribution is -0.148. The third kappa shape index (κ3) is 5.56. The van der Waals surface area contributed by atoms with Crippen LogP contribution in [0, 0.1) is 0 Å². The second-order valence-corrected chi connectivity index (χ2v) is 3.15. The van der Waals surface area contributed by atoms with Crippen LogP contribution in [-0.2, 0) is 14.3 Å². The largest absolute Gasteiger partial charge is 0.466 e. The van der Waals surface area contributed by atoms with Gasteiger partial charge >= 0.3 is 5.97 Å². The highest BCUT2D eigenvalue weighted by atomic mass is 16.5. The Hall–Kier alpha value is -1.06. The second-order valence-electron chi connectivity index (χ2n) is 3.15. The topological polar surface area (TPSA) is 46.6 Å². The highest BCUT2D eigenvalue weighted by Crippen LogP contribution is 1.97. The van der Waals surface area contributed by atoms with Gasteiger partial charge in [0, 0.05) is 13.6 Å². The predicted molar refractivity (Wildman–Crippen MR) is 53.8 cm³/mol. The van der Waals surface area contributed by atoms with Gasteiger partial charge in [-0.15, -0.1) is 0 Å². The normalized spacial score (nSPS) is 9.64. The van der Waals surface area contributed by atoms with Crippen LogP contribution in [0.15, 0.2) is 0 Å². The smallest absolute Gasteiger partial charge is 0.315 e. The minimum absolute atomic E-state index is 0.145. The fourth-order valence-electron chi connectivity index (χ4n) is 0.990. The maximum Gasteiger partial charge on any atom is 0.315 e. The molecule has 0 aliphatic rings. The van der Waals surface area contributed by atoms with Crippen LogP contribution in [0.3, 0.4) is 0 Å². The molecule has 4 heteroatoms. The zero-order chi connectivity index (χ0) is 11.0. The van der Waals surface area contributed by atoms with E-state index in [0.29, 0.717) is 13.2 Å². The molecule has 0 radical (unpaired) electrons. The highest BCUT2D eigenvalue weighted by Gasteiger charge is 2.13. The Balaban J connectivity index is 3.76. The van der Waals surface area contributed by atoms with E-state index in [1.165, 1.54) is 0 Å². The Kier molecular flexibility index (Phi) is 6.80. The number of nitrogens with zero attached hydrogens (tertiary/aromatic N) is 1. The molecule has 0 aromatic rings. The Morgan fingerprint density at radius 1 is 1.29 bits per heavy atom. The van der Waals surface area contributed by atoms with Crippen LogP contribution in [0.2, 0.25) is 0 Å². The molecular weight excluding hydrogens is 182 g/mol. The van der Waals surface area contributed by atoms with Gasteiger partial charge in [0.1, 0.15) is 6.42 Å². The number of carbonyl (C=O) groups excluding carboxylic acids is 2. The third-order valence-electron chi connectivity index (χ3n) is 1.87. The molecule has 0 aliphatic heterocycles. The standard InChI is InChI=1S/C10H19NO3/c1-4-6-7-11(3)9(12)8-10(13)14-5-2/h4-8H2,1-3H3. The first-order chi connectivity index (χ1) is 6.61. The van der Waals surface area contributed by atoms with Crippen molar-refractivity contribution in [3.05, 3.63) is 0 Å². The quantitative estimate of drug-likeness (QED) is 0.479. The summed E-state index contributed by atoms with van der Waals surface area (Å²) in [7, 11) is 1.71. The van der Waals surface area contributed by atoms with Crippen LogP contribution in [0.1, 0.15) is 33.1 Å². The fourth-order valence-corrected chi connectivity index (χ4v) is 0.990. The fraction of sp³-hybridized carbons (Fsp3) is 0.800. The summed E-state index contributed by atoms with van der Waals surface area (Å²) >= 11 is 0. The molecule has 82 valence electrons. The summed E-state index contributed by atoms with van der Waals surface area (Å²) < 4.78 is 4.68. The molecule has 0 unspecified atom stereocenters. The Morgan fingerprint density at radius 3 is 2.43 bits per heavy atom. The molecule has 0 saturated carbocycles. The molecule has 0 atom stereocenters. The first kappa shape index (κ1) is 12.9. The maximum absolute atomic E-state index is 11.4. The molecule has 1 amide bonds. The molecule has 0 saturated heterocycles. The SMILES string of the molecule is CCCCN(C)C(=O)CC(=O)OCC. The third-order valence-corrected chi connectivity index (χ3v) is 1.87. The van der Waals surface area contributed by atoms with Crippen molar-refractivity contribution >= 4 is 11.9 Å².